The van der Waals surface area contributed by atoms with Crippen LogP contribution in [0.4, 0.5) is 0 Å². The highest BCUT2D eigenvalue weighted by molar-refractivity contribution is 7.80. The van der Waals surface area contributed by atoms with E-state index >= 15 is 0 Å². The second kappa shape index (κ2) is 6.30. The Kier molecular flexibility index (Phi) is 4.46. The van der Waals surface area contributed by atoms with Crippen molar-refractivity contribution in [1.82, 2.24) is 25.2 Å². The number of hydrogen-bond donors (Lipinski definition) is 2. The molecule has 0 saturated heterocycles. The van der Waals surface area contributed by atoms with Crippen molar-refractivity contribution in [1.29, 1.82) is 0 Å². The smallest absolute Gasteiger partial charge is 0.166 e. The molecule has 2 heterocycles. The number of hydrogen-bond acceptors (Lipinski definition) is 3. The van der Waals surface area contributed by atoms with Crippen molar-refractivity contribution >= 4 is 23.0 Å². The molecule has 0 aromatic carbocycles. The topological polar surface area (TPSA) is 54.2 Å². The molecule has 0 spiro atoms. The van der Waals surface area contributed by atoms with Gasteiger partial charge in [0.1, 0.15) is 0 Å². The number of nitrogens with one attached hydrogen (secondary N) is 2. The first-order chi connectivity index (χ1) is 8.81. The summed E-state index contributed by atoms with van der Waals surface area (Å²) in [6, 6.07) is 5.82. The molecule has 0 aliphatic heterocycles. The predicted molar refractivity (Wildman–Crippen MR) is 75.3 cm³/mol. The molecule has 0 radical (unpaired) electrons. The number of thiocarbonyl (C=S) groups is 1. The summed E-state index contributed by atoms with van der Waals surface area (Å²) in [6.45, 7) is 3.63. The largest absolute Gasteiger partial charge is 0.363 e. The fraction of sp³-hybridized carbons (Fsp3) is 0.417. The quantitative estimate of drug-likeness (QED) is 0.632. The Morgan fingerprint density at radius 2 is 2.22 bits per heavy atom. The van der Waals surface area contributed by atoms with Crippen LogP contribution in [0.15, 0.2) is 24.4 Å². The van der Waals surface area contributed by atoms with Gasteiger partial charge in [-0.1, -0.05) is 19.4 Å². The summed E-state index contributed by atoms with van der Waals surface area (Å²) in [7, 11) is 0. The van der Waals surface area contributed by atoms with Crippen molar-refractivity contribution in [3.63, 3.8) is 0 Å². The maximum Gasteiger partial charge on any atom is 0.166 e. The number of pyridine rings is 1. The van der Waals surface area contributed by atoms with Crippen molar-refractivity contribution in [3.05, 3.63) is 30.2 Å². The van der Waals surface area contributed by atoms with Crippen LogP contribution >= 0.6 is 12.2 Å². The zero-order chi connectivity index (χ0) is 12.8. The summed E-state index contributed by atoms with van der Waals surface area (Å²) in [5.74, 6) is 0.852. The molecular formula is C12H17N5S. The van der Waals surface area contributed by atoms with Crippen LogP contribution in [0.3, 0.4) is 0 Å². The lowest BCUT2D eigenvalue weighted by Gasteiger charge is -2.08. The molecule has 0 saturated carbocycles. The number of fused-ring (bicyclic) bond motifs is 1. The van der Waals surface area contributed by atoms with Crippen LogP contribution < -0.4 is 10.6 Å². The summed E-state index contributed by atoms with van der Waals surface area (Å²) in [4.78, 5) is 0. The van der Waals surface area contributed by atoms with Gasteiger partial charge in [0.15, 0.2) is 16.6 Å². The molecule has 0 aliphatic carbocycles. The molecule has 2 aromatic heterocycles. The van der Waals surface area contributed by atoms with Gasteiger partial charge in [-0.25, -0.2) is 0 Å². The van der Waals surface area contributed by atoms with Gasteiger partial charge in [0.2, 0.25) is 0 Å². The second-order valence-electron chi connectivity index (χ2n) is 4.01. The normalized spacial score (nSPS) is 10.5. The van der Waals surface area contributed by atoms with E-state index in [1.54, 1.807) is 0 Å². The van der Waals surface area contributed by atoms with Gasteiger partial charge in [0, 0.05) is 12.7 Å². The van der Waals surface area contributed by atoms with E-state index in [4.69, 9.17) is 12.2 Å². The molecule has 0 unspecified atom stereocenters. The third kappa shape index (κ3) is 3.16. The Bertz CT molecular complexity index is 522. The minimum Gasteiger partial charge on any atom is -0.363 e. The van der Waals surface area contributed by atoms with Crippen molar-refractivity contribution in [2.45, 2.75) is 26.3 Å². The standard InChI is InChI=1S/C12H17N5S/c1-2-3-7-13-12(18)14-9-11-16-15-10-6-4-5-8-17(10)11/h4-6,8H,2-3,7,9H2,1H3,(H2,13,14,18). The summed E-state index contributed by atoms with van der Waals surface area (Å²) in [6.07, 6.45) is 4.22. The van der Waals surface area contributed by atoms with Gasteiger partial charge < -0.3 is 10.6 Å². The highest BCUT2D eigenvalue weighted by Gasteiger charge is 2.04. The Morgan fingerprint density at radius 3 is 3.06 bits per heavy atom. The van der Waals surface area contributed by atoms with Gasteiger partial charge in [0.25, 0.3) is 0 Å². The van der Waals surface area contributed by atoms with Gasteiger partial charge in [-0.3, -0.25) is 4.40 Å². The molecule has 18 heavy (non-hydrogen) atoms. The first kappa shape index (κ1) is 12.8. The third-order valence-corrected chi connectivity index (χ3v) is 2.90. The van der Waals surface area contributed by atoms with Gasteiger partial charge in [-0.2, -0.15) is 0 Å². The summed E-state index contributed by atoms with van der Waals surface area (Å²) < 4.78 is 1.95. The molecule has 2 N–H and O–H groups in total. The molecule has 5 nitrogen and oxygen atoms in total. The van der Waals surface area contributed by atoms with Crippen LogP contribution in [0.5, 0.6) is 0 Å². The van der Waals surface area contributed by atoms with Crippen LogP contribution in [0.1, 0.15) is 25.6 Å². The van der Waals surface area contributed by atoms with Crippen LogP contribution in [0, 0.1) is 0 Å². The monoisotopic (exact) mass is 263 g/mol. The molecule has 96 valence electrons. The van der Waals surface area contributed by atoms with E-state index in [-0.39, 0.29) is 0 Å². The van der Waals surface area contributed by atoms with Crippen LogP contribution in [0.25, 0.3) is 5.65 Å². The number of rotatable bonds is 5. The lowest BCUT2D eigenvalue weighted by molar-refractivity contribution is 0.728. The fourth-order valence-corrected chi connectivity index (χ4v) is 1.79. The van der Waals surface area contributed by atoms with Crippen molar-refractivity contribution in [2.24, 2.45) is 0 Å². The second-order valence-corrected chi connectivity index (χ2v) is 4.42. The van der Waals surface area contributed by atoms with Crippen molar-refractivity contribution in [3.8, 4) is 0 Å². The van der Waals surface area contributed by atoms with Crippen LogP contribution in [-0.4, -0.2) is 26.3 Å². The van der Waals surface area contributed by atoms with Gasteiger partial charge in [-0.05, 0) is 30.8 Å². The Hall–Kier alpha value is -1.69. The predicted octanol–water partition coefficient (Wildman–Crippen LogP) is 1.49. The highest BCUT2D eigenvalue weighted by atomic mass is 32.1. The van der Waals surface area contributed by atoms with E-state index in [2.05, 4.69) is 27.8 Å². The van der Waals surface area contributed by atoms with E-state index in [0.29, 0.717) is 11.7 Å². The average molecular weight is 263 g/mol. The van der Waals surface area contributed by atoms with E-state index in [9.17, 15) is 0 Å². The summed E-state index contributed by atoms with van der Waals surface area (Å²) in [5.41, 5.74) is 0.846. The van der Waals surface area contributed by atoms with E-state index in [1.807, 2.05) is 28.8 Å². The molecule has 2 aromatic rings. The number of nitrogens with zero attached hydrogens (tertiary/aromatic N) is 3. The highest BCUT2D eigenvalue weighted by Crippen LogP contribution is 2.01. The van der Waals surface area contributed by atoms with E-state index in [1.165, 1.54) is 0 Å². The molecular weight excluding hydrogens is 246 g/mol. The molecule has 6 heteroatoms. The number of aromatic nitrogens is 3. The first-order valence-electron chi connectivity index (χ1n) is 6.11. The molecule has 0 bridgehead atoms. The maximum absolute atomic E-state index is 5.18. The number of unbranched alkanes of at least 4 members (excludes halogenated alkanes) is 1. The first-order valence-corrected chi connectivity index (χ1v) is 6.52. The minimum absolute atomic E-state index is 0.573. The van der Waals surface area contributed by atoms with E-state index in [0.717, 1.165) is 30.9 Å². The molecule has 0 fully saturated rings. The fourth-order valence-electron chi connectivity index (χ4n) is 1.61. The van der Waals surface area contributed by atoms with Crippen molar-refractivity contribution in [2.75, 3.05) is 6.54 Å². The van der Waals surface area contributed by atoms with Gasteiger partial charge in [0.05, 0.1) is 6.54 Å². The zero-order valence-electron chi connectivity index (χ0n) is 10.4. The minimum atomic E-state index is 0.573. The molecule has 0 aliphatic rings. The van der Waals surface area contributed by atoms with Crippen LogP contribution in [-0.2, 0) is 6.54 Å². The van der Waals surface area contributed by atoms with Gasteiger partial charge >= 0.3 is 0 Å². The average Bonchev–Trinajstić information content (AvgIpc) is 2.80. The maximum atomic E-state index is 5.18. The molecule has 0 atom stereocenters. The summed E-state index contributed by atoms with van der Waals surface area (Å²) in [5, 5.41) is 15.2. The Labute approximate surface area is 112 Å². The van der Waals surface area contributed by atoms with E-state index < -0.39 is 0 Å². The SMILES string of the molecule is CCCCNC(=S)NCc1nnc2ccccn12. The zero-order valence-corrected chi connectivity index (χ0v) is 11.2. The van der Waals surface area contributed by atoms with Crippen molar-refractivity contribution < 1.29 is 0 Å². The lowest BCUT2D eigenvalue weighted by Crippen LogP contribution is -2.35. The molecule has 2 rings (SSSR count). The molecule has 0 amide bonds. The third-order valence-electron chi connectivity index (χ3n) is 2.61. The lowest BCUT2D eigenvalue weighted by atomic mass is 10.3. The van der Waals surface area contributed by atoms with Gasteiger partial charge in [-0.15, -0.1) is 10.2 Å². The summed E-state index contributed by atoms with van der Waals surface area (Å²) >= 11 is 5.18. The Morgan fingerprint density at radius 1 is 1.33 bits per heavy atom. The Balaban J connectivity index is 1.88. The van der Waals surface area contributed by atoms with Crippen LogP contribution in [0.2, 0.25) is 0 Å².